The number of anilines is 2. The van der Waals surface area contributed by atoms with Crippen LogP contribution in [0, 0.1) is 11.6 Å². The average molecular weight is 403 g/mol. The molecule has 148 valence electrons. The lowest BCUT2D eigenvalue weighted by molar-refractivity contribution is 0.627. The van der Waals surface area contributed by atoms with Gasteiger partial charge in [0.05, 0.1) is 11.4 Å². The van der Waals surface area contributed by atoms with E-state index in [0.717, 1.165) is 11.1 Å². The molecule has 0 saturated heterocycles. The van der Waals surface area contributed by atoms with E-state index < -0.39 is 0 Å². The van der Waals surface area contributed by atoms with Crippen molar-refractivity contribution >= 4 is 17.3 Å². The third kappa shape index (κ3) is 3.02. The van der Waals surface area contributed by atoms with Gasteiger partial charge in [0.2, 0.25) is 0 Å². The lowest BCUT2D eigenvalue weighted by Gasteiger charge is -2.06. The number of nitrogens with two attached hydrogens (primary N) is 2. The third-order valence-corrected chi connectivity index (χ3v) is 4.67. The summed E-state index contributed by atoms with van der Waals surface area (Å²) in [7, 11) is 0. The first-order chi connectivity index (χ1) is 14.5. The molecular formula is C21H15F2N7. The molecule has 3 heterocycles. The van der Waals surface area contributed by atoms with Gasteiger partial charge in [-0.05, 0) is 48.5 Å². The zero-order valence-corrected chi connectivity index (χ0v) is 15.5. The second-order valence-corrected chi connectivity index (χ2v) is 6.72. The largest absolute Gasteiger partial charge is 0.384 e. The highest BCUT2D eigenvalue weighted by Crippen LogP contribution is 2.26. The normalized spacial score (nSPS) is 11.3. The Morgan fingerprint density at radius 1 is 0.733 bits per heavy atom. The van der Waals surface area contributed by atoms with Gasteiger partial charge in [-0.15, -0.1) is 5.10 Å². The predicted octanol–water partition coefficient (Wildman–Crippen LogP) is 3.69. The fourth-order valence-corrected chi connectivity index (χ4v) is 3.25. The van der Waals surface area contributed by atoms with Crippen molar-refractivity contribution in [2.75, 3.05) is 11.5 Å². The predicted molar refractivity (Wildman–Crippen MR) is 110 cm³/mol. The minimum atomic E-state index is -0.337. The molecule has 9 heteroatoms. The Balaban J connectivity index is 1.63. The summed E-state index contributed by atoms with van der Waals surface area (Å²) in [6, 6.07) is 17.0. The van der Waals surface area contributed by atoms with Gasteiger partial charge in [-0.2, -0.15) is 9.78 Å². The molecule has 7 nitrogen and oxygen atoms in total. The summed E-state index contributed by atoms with van der Waals surface area (Å²) in [5, 5.41) is 9.07. The third-order valence-electron chi connectivity index (χ3n) is 4.67. The van der Waals surface area contributed by atoms with Crippen LogP contribution >= 0.6 is 0 Å². The number of benzene rings is 2. The zero-order valence-electron chi connectivity index (χ0n) is 15.5. The second kappa shape index (κ2) is 6.66. The van der Waals surface area contributed by atoms with Gasteiger partial charge in [-0.3, -0.25) is 0 Å². The SMILES string of the molecule is Nc1cc(-c2ccc(F)cc2)n2nc(-n3nc(-c4ccc(F)cc4)cc3N)cc2n1. The van der Waals surface area contributed by atoms with Gasteiger partial charge in [0.15, 0.2) is 11.5 Å². The average Bonchev–Trinajstić information content (AvgIpc) is 3.32. The lowest BCUT2D eigenvalue weighted by atomic mass is 10.1. The van der Waals surface area contributed by atoms with Gasteiger partial charge in [-0.25, -0.2) is 18.3 Å². The maximum Gasteiger partial charge on any atom is 0.180 e. The molecule has 0 unspecified atom stereocenters. The maximum absolute atomic E-state index is 13.3. The molecule has 0 saturated carbocycles. The molecule has 0 amide bonds. The lowest BCUT2D eigenvalue weighted by Crippen LogP contribution is -2.04. The maximum atomic E-state index is 13.3. The quantitative estimate of drug-likeness (QED) is 0.479. The number of hydrogen-bond acceptors (Lipinski definition) is 5. The second-order valence-electron chi connectivity index (χ2n) is 6.72. The molecule has 0 aliphatic rings. The molecule has 30 heavy (non-hydrogen) atoms. The fourth-order valence-electron chi connectivity index (χ4n) is 3.25. The van der Waals surface area contributed by atoms with Crippen LogP contribution in [-0.4, -0.2) is 24.4 Å². The van der Waals surface area contributed by atoms with Crippen molar-refractivity contribution in [2.45, 2.75) is 0 Å². The van der Waals surface area contributed by atoms with Gasteiger partial charge < -0.3 is 11.5 Å². The molecule has 0 aliphatic heterocycles. The number of nitrogens with zero attached hydrogens (tertiary/aromatic N) is 5. The first-order valence-electron chi connectivity index (χ1n) is 9.02. The van der Waals surface area contributed by atoms with E-state index in [9.17, 15) is 8.78 Å². The molecule has 2 aromatic carbocycles. The van der Waals surface area contributed by atoms with Crippen LogP contribution in [0.15, 0.2) is 66.7 Å². The van der Waals surface area contributed by atoms with Crippen LogP contribution in [-0.2, 0) is 0 Å². The van der Waals surface area contributed by atoms with Crippen LogP contribution in [0.25, 0.3) is 34.0 Å². The molecule has 0 bridgehead atoms. The monoisotopic (exact) mass is 403 g/mol. The van der Waals surface area contributed by atoms with Crippen molar-refractivity contribution in [3.63, 3.8) is 0 Å². The first-order valence-corrected chi connectivity index (χ1v) is 9.02. The Morgan fingerprint density at radius 3 is 2.03 bits per heavy atom. The molecule has 0 atom stereocenters. The first kappa shape index (κ1) is 17.8. The number of nitrogen functional groups attached to an aromatic ring is 2. The van der Waals surface area contributed by atoms with Crippen molar-refractivity contribution in [1.29, 1.82) is 0 Å². The van der Waals surface area contributed by atoms with E-state index in [2.05, 4.69) is 15.2 Å². The summed E-state index contributed by atoms with van der Waals surface area (Å²) >= 11 is 0. The summed E-state index contributed by atoms with van der Waals surface area (Å²) in [5.41, 5.74) is 15.3. The highest BCUT2D eigenvalue weighted by Gasteiger charge is 2.15. The van der Waals surface area contributed by atoms with Crippen LogP contribution in [0.5, 0.6) is 0 Å². The molecule has 0 aliphatic carbocycles. The molecule has 0 spiro atoms. The van der Waals surface area contributed by atoms with Crippen molar-refractivity contribution in [3.05, 3.63) is 78.4 Å². The van der Waals surface area contributed by atoms with Crippen LogP contribution in [0.3, 0.4) is 0 Å². The van der Waals surface area contributed by atoms with Crippen molar-refractivity contribution in [3.8, 4) is 28.3 Å². The molecule has 4 N–H and O–H groups in total. The molecule has 3 aromatic heterocycles. The molecular weight excluding hydrogens is 388 g/mol. The molecule has 5 rings (SSSR count). The van der Waals surface area contributed by atoms with E-state index in [0.29, 0.717) is 34.5 Å². The summed E-state index contributed by atoms with van der Waals surface area (Å²) < 4.78 is 29.6. The zero-order chi connectivity index (χ0) is 20.8. The minimum Gasteiger partial charge on any atom is -0.384 e. The summed E-state index contributed by atoms with van der Waals surface area (Å²) in [6.07, 6.45) is 0. The van der Waals surface area contributed by atoms with E-state index in [1.807, 2.05) is 0 Å². The van der Waals surface area contributed by atoms with Gasteiger partial charge >= 0.3 is 0 Å². The van der Waals surface area contributed by atoms with E-state index in [1.54, 1.807) is 47.0 Å². The standard InChI is InChI=1S/C21H15F2N7/c22-14-5-1-12(2-6-14)16-9-19(25)30(27-16)21-11-20-26-18(24)10-17(29(20)28-21)13-3-7-15(23)8-4-13/h1-11H,25H2,(H2,24,26). The Bertz CT molecular complexity index is 1370. The van der Waals surface area contributed by atoms with E-state index in [1.165, 1.54) is 28.9 Å². The van der Waals surface area contributed by atoms with Crippen LogP contribution < -0.4 is 11.5 Å². The van der Waals surface area contributed by atoms with Crippen molar-refractivity contribution in [1.82, 2.24) is 24.4 Å². The van der Waals surface area contributed by atoms with Crippen LogP contribution in [0.2, 0.25) is 0 Å². The van der Waals surface area contributed by atoms with E-state index >= 15 is 0 Å². The Kier molecular flexibility index (Phi) is 3.95. The van der Waals surface area contributed by atoms with Crippen LogP contribution in [0.1, 0.15) is 0 Å². The topological polar surface area (TPSA) is 100 Å². The minimum absolute atomic E-state index is 0.300. The fraction of sp³-hybridized carbons (Fsp3) is 0. The Labute approximate surface area is 169 Å². The number of hydrogen-bond donors (Lipinski definition) is 2. The Hall–Kier alpha value is -4.27. The molecule has 0 fully saturated rings. The Morgan fingerprint density at radius 2 is 1.37 bits per heavy atom. The van der Waals surface area contributed by atoms with E-state index in [4.69, 9.17) is 11.5 Å². The summed E-state index contributed by atoms with van der Waals surface area (Å²) in [6.45, 7) is 0. The smallest absolute Gasteiger partial charge is 0.180 e. The number of fused-ring (bicyclic) bond motifs is 1. The highest BCUT2D eigenvalue weighted by molar-refractivity contribution is 5.68. The van der Waals surface area contributed by atoms with Gasteiger partial charge in [0.1, 0.15) is 23.3 Å². The van der Waals surface area contributed by atoms with Crippen molar-refractivity contribution < 1.29 is 8.78 Å². The van der Waals surface area contributed by atoms with E-state index in [-0.39, 0.29) is 11.6 Å². The molecule has 5 aromatic rings. The summed E-state index contributed by atoms with van der Waals surface area (Å²) in [5.74, 6) is 0.421. The van der Waals surface area contributed by atoms with Gasteiger partial charge in [-0.1, -0.05) is 0 Å². The number of aromatic nitrogens is 5. The molecule has 0 radical (unpaired) electrons. The highest BCUT2D eigenvalue weighted by atomic mass is 19.1. The number of halogens is 2. The number of rotatable bonds is 3. The van der Waals surface area contributed by atoms with Crippen LogP contribution in [0.4, 0.5) is 20.4 Å². The van der Waals surface area contributed by atoms with Gasteiger partial charge in [0.25, 0.3) is 0 Å². The summed E-state index contributed by atoms with van der Waals surface area (Å²) in [4.78, 5) is 4.31. The van der Waals surface area contributed by atoms with Crippen molar-refractivity contribution in [2.24, 2.45) is 0 Å². The van der Waals surface area contributed by atoms with Gasteiger partial charge in [0, 0.05) is 29.3 Å².